The van der Waals surface area contributed by atoms with E-state index in [-0.39, 0.29) is 5.92 Å². The van der Waals surface area contributed by atoms with Crippen molar-refractivity contribution < 1.29 is 9.84 Å². The van der Waals surface area contributed by atoms with Crippen LogP contribution in [0.5, 0.6) is 5.75 Å². The predicted octanol–water partition coefficient (Wildman–Crippen LogP) is 5.11. The van der Waals surface area contributed by atoms with E-state index in [4.69, 9.17) is 4.74 Å². The summed E-state index contributed by atoms with van der Waals surface area (Å²) in [7, 11) is 5.90. The van der Waals surface area contributed by atoms with Crippen LogP contribution in [0.3, 0.4) is 0 Å². The third kappa shape index (κ3) is 5.29. The highest BCUT2D eigenvalue weighted by Crippen LogP contribution is 2.41. The molecule has 156 valence electrons. The van der Waals surface area contributed by atoms with Crippen molar-refractivity contribution in [3.8, 4) is 5.75 Å². The zero-order valence-corrected chi connectivity index (χ0v) is 18.3. The lowest BCUT2D eigenvalue weighted by Crippen LogP contribution is -2.45. The van der Waals surface area contributed by atoms with Gasteiger partial charge in [-0.1, -0.05) is 48.9 Å². The molecule has 2 aromatic carbocycles. The molecule has 1 N–H and O–H groups in total. The molecule has 0 amide bonds. The fourth-order valence-electron chi connectivity index (χ4n) is 4.59. The Kier molecular flexibility index (Phi) is 7.15. The van der Waals surface area contributed by atoms with Crippen LogP contribution in [0.1, 0.15) is 42.4 Å². The molecule has 1 aliphatic carbocycles. The van der Waals surface area contributed by atoms with Gasteiger partial charge < -0.3 is 14.7 Å². The highest BCUT2D eigenvalue weighted by molar-refractivity contribution is 5.57. The van der Waals surface area contributed by atoms with E-state index in [1.807, 2.05) is 18.2 Å². The third-order valence-electron chi connectivity index (χ3n) is 6.22. The molecule has 29 heavy (non-hydrogen) atoms. The van der Waals surface area contributed by atoms with Gasteiger partial charge in [-0.05, 0) is 74.7 Å². The highest BCUT2D eigenvalue weighted by atomic mass is 16.5. The molecule has 0 bridgehead atoms. The van der Waals surface area contributed by atoms with Gasteiger partial charge in [0.2, 0.25) is 0 Å². The van der Waals surface area contributed by atoms with Crippen LogP contribution < -0.4 is 4.74 Å². The van der Waals surface area contributed by atoms with Gasteiger partial charge in [0.1, 0.15) is 5.75 Å². The van der Waals surface area contributed by atoms with Gasteiger partial charge in [-0.25, -0.2) is 0 Å². The molecular formula is C26H35NO2. The molecule has 2 unspecified atom stereocenters. The lowest BCUT2D eigenvalue weighted by Gasteiger charge is -2.39. The van der Waals surface area contributed by atoms with Crippen LogP contribution in [0.15, 0.2) is 54.1 Å². The van der Waals surface area contributed by atoms with Gasteiger partial charge in [0, 0.05) is 18.9 Å². The summed E-state index contributed by atoms with van der Waals surface area (Å²) in [5, 5.41) is 12.3. The molecule has 2 atom stereocenters. The standard InChI is InChI=1S/C26H35NO2/c1-20-10-5-6-12-22(20)18-26(28)23(13-7-8-14-24(26)19-27(2)3)16-21-11-9-15-25(17-21)29-4/h5-6,9-12,15-17,24,28H,7-8,13-14,18-19H2,1-4H3. The van der Waals surface area contributed by atoms with Crippen LogP contribution in [0.2, 0.25) is 0 Å². The number of nitrogens with zero attached hydrogens (tertiary/aromatic N) is 1. The van der Waals surface area contributed by atoms with Gasteiger partial charge in [-0.15, -0.1) is 0 Å². The predicted molar refractivity (Wildman–Crippen MR) is 121 cm³/mol. The zero-order valence-electron chi connectivity index (χ0n) is 18.3. The van der Waals surface area contributed by atoms with Crippen molar-refractivity contribution in [2.24, 2.45) is 5.92 Å². The van der Waals surface area contributed by atoms with Crippen LogP contribution in [-0.2, 0) is 6.42 Å². The maximum atomic E-state index is 12.3. The number of aryl methyl sites for hydroxylation is 1. The van der Waals surface area contributed by atoms with E-state index in [1.54, 1.807) is 7.11 Å². The van der Waals surface area contributed by atoms with Crippen molar-refractivity contribution in [3.05, 3.63) is 70.8 Å². The van der Waals surface area contributed by atoms with Crippen molar-refractivity contribution in [2.75, 3.05) is 27.7 Å². The summed E-state index contributed by atoms with van der Waals surface area (Å²) in [6, 6.07) is 16.6. The molecule has 1 aliphatic rings. The minimum Gasteiger partial charge on any atom is -0.497 e. The molecule has 0 heterocycles. The van der Waals surface area contributed by atoms with Crippen LogP contribution in [0.25, 0.3) is 6.08 Å². The van der Waals surface area contributed by atoms with Crippen LogP contribution in [0.4, 0.5) is 0 Å². The molecular weight excluding hydrogens is 358 g/mol. The Morgan fingerprint density at radius 2 is 1.93 bits per heavy atom. The smallest absolute Gasteiger partial charge is 0.119 e. The molecule has 1 saturated carbocycles. The minimum atomic E-state index is -0.851. The Morgan fingerprint density at radius 1 is 1.14 bits per heavy atom. The molecule has 0 saturated heterocycles. The number of rotatable bonds is 6. The number of hydrogen-bond donors (Lipinski definition) is 1. The summed E-state index contributed by atoms with van der Waals surface area (Å²) < 4.78 is 5.41. The van der Waals surface area contributed by atoms with E-state index in [1.165, 1.54) is 11.1 Å². The Bertz CT molecular complexity index is 842. The fourth-order valence-corrected chi connectivity index (χ4v) is 4.59. The molecule has 3 nitrogen and oxygen atoms in total. The van der Waals surface area contributed by atoms with Gasteiger partial charge in [0.15, 0.2) is 0 Å². The van der Waals surface area contributed by atoms with Gasteiger partial charge in [-0.2, -0.15) is 0 Å². The van der Waals surface area contributed by atoms with E-state index in [9.17, 15) is 5.11 Å². The van der Waals surface area contributed by atoms with Crippen molar-refractivity contribution in [1.82, 2.24) is 4.90 Å². The fraction of sp³-hybridized carbons (Fsp3) is 0.462. The van der Waals surface area contributed by atoms with Crippen molar-refractivity contribution in [2.45, 2.75) is 44.6 Å². The summed E-state index contributed by atoms with van der Waals surface area (Å²) in [5.41, 5.74) is 3.87. The Labute approximate surface area is 176 Å². The molecule has 3 heteroatoms. The number of ether oxygens (including phenoxy) is 1. The van der Waals surface area contributed by atoms with E-state index in [0.717, 1.165) is 49.1 Å². The van der Waals surface area contributed by atoms with E-state index >= 15 is 0 Å². The molecule has 0 aliphatic heterocycles. The average Bonchev–Trinajstić information content (AvgIpc) is 2.84. The first-order valence-corrected chi connectivity index (χ1v) is 10.7. The second-order valence-corrected chi connectivity index (χ2v) is 8.68. The first-order valence-electron chi connectivity index (χ1n) is 10.7. The average molecular weight is 394 g/mol. The zero-order chi connectivity index (χ0) is 20.9. The SMILES string of the molecule is COc1cccc(C=C2CCCCC(CN(C)C)C2(O)Cc2ccccc2C)c1. The summed E-state index contributed by atoms with van der Waals surface area (Å²) in [4.78, 5) is 2.21. The van der Waals surface area contributed by atoms with Gasteiger partial charge in [0.25, 0.3) is 0 Å². The van der Waals surface area contributed by atoms with E-state index in [0.29, 0.717) is 6.42 Å². The number of aliphatic hydroxyl groups is 1. The van der Waals surface area contributed by atoms with E-state index in [2.05, 4.69) is 62.3 Å². The topological polar surface area (TPSA) is 32.7 Å². The quantitative estimate of drug-likeness (QED) is 0.692. The summed E-state index contributed by atoms with van der Waals surface area (Å²) in [6.45, 7) is 3.03. The number of hydrogen-bond acceptors (Lipinski definition) is 3. The van der Waals surface area contributed by atoms with Crippen LogP contribution in [-0.4, -0.2) is 43.4 Å². The molecule has 2 aromatic rings. The van der Waals surface area contributed by atoms with Crippen molar-refractivity contribution in [1.29, 1.82) is 0 Å². The maximum Gasteiger partial charge on any atom is 0.119 e. The highest BCUT2D eigenvalue weighted by Gasteiger charge is 2.41. The lowest BCUT2D eigenvalue weighted by molar-refractivity contribution is 0.00505. The summed E-state index contributed by atoms with van der Waals surface area (Å²) in [5.74, 6) is 1.05. The van der Waals surface area contributed by atoms with Crippen LogP contribution in [0, 0.1) is 12.8 Å². The molecule has 0 radical (unpaired) electrons. The largest absolute Gasteiger partial charge is 0.497 e. The normalized spacial score (nSPS) is 23.9. The maximum absolute atomic E-state index is 12.3. The Morgan fingerprint density at radius 3 is 2.66 bits per heavy atom. The lowest BCUT2D eigenvalue weighted by atomic mass is 9.74. The third-order valence-corrected chi connectivity index (χ3v) is 6.22. The van der Waals surface area contributed by atoms with Crippen molar-refractivity contribution >= 4 is 6.08 Å². The van der Waals surface area contributed by atoms with Gasteiger partial charge in [-0.3, -0.25) is 0 Å². The van der Waals surface area contributed by atoms with Crippen LogP contribution >= 0.6 is 0 Å². The second-order valence-electron chi connectivity index (χ2n) is 8.68. The molecule has 0 spiro atoms. The monoisotopic (exact) mass is 393 g/mol. The Balaban J connectivity index is 2.06. The molecule has 3 rings (SSSR count). The van der Waals surface area contributed by atoms with E-state index < -0.39 is 5.60 Å². The number of benzene rings is 2. The Hall–Kier alpha value is -2.10. The summed E-state index contributed by atoms with van der Waals surface area (Å²) in [6.07, 6.45) is 7.13. The van der Waals surface area contributed by atoms with Gasteiger partial charge in [0.05, 0.1) is 12.7 Å². The second kappa shape index (κ2) is 9.60. The molecule has 0 aromatic heterocycles. The number of methoxy groups -OCH3 is 1. The first-order chi connectivity index (χ1) is 13.9. The minimum absolute atomic E-state index is 0.205. The molecule has 1 fully saturated rings. The van der Waals surface area contributed by atoms with Crippen molar-refractivity contribution in [3.63, 3.8) is 0 Å². The van der Waals surface area contributed by atoms with Gasteiger partial charge >= 0.3 is 0 Å². The first kappa shape index (κ1) is 21.6. The summed E-state index contributed by atoms with van der Waals surface area (Å²) >= 11 is 0.